The van der Waals surface area contributed by atoms with Crippen LogP contribution in [0.25, 0.3) is 0 Å². The Morgan fingerprint density at radius 1 is 1.45 bits per heavy atom. The fourth-order valence-electron chi connectivity index (χ4n) is 1.01. The third-order valence-electron chi connectivity index (χ3n) is 1.50. The van der Waals surface area contributed by atoms with Crippen LogP contribution in [0.4, 0.5) is 0 Å². The summed E-state index contributed by atoms with van der Waals surface area (Å²) in [4.78, 5) is 0. The zero-order valence-electron chi connectivity index (χ0n) is 6.55. The largest absolute Gasteiger partial charge is 0.328 e. The Kier molecular flexibility index (Phi) is 3.33. The predicted octanol–water partition coefficient (Wildman–Crippen LogP) is 2.18. The number of halogens is 1. The summed E-state index contributed by atoms with van der Waals surface area (Å²) in [5.41, 5.74) is 7.04. The number of rotatable bonds is 2. The predicted molar refractivity (Wildman–Crippen MR) is 56.5 cm³/mol. The molecule has 0 heterocycles. The van der Waals surface area contributed by atoms with Crippen LogP contribution in [-0.4, -0.2) is 6.04 Å². The van der Waals surface area contributed by atoms with E-state index >= 15 is 0 Å². The molecule has 0 spiro atoms. The monoisotopic (exact) mass is 261 g/mol. The third-order valence-corrected chi connectivity index (χ3v) is 2.55. The van der Waals surface area contributed by atoms with Gasteiger partial charge in [-0.3, -0.25) is 0 Å². The Bertz CT molecular complexity index is 233. The molecule has 60 valence electrons. The minimum atomic E-state index is 0.255. The molecule has 1 nitrogen and oxygen atoms in total. The summed E-state index contributed by atoms with van der Waals surface area (Å²) in [6.45, 7) is 2.03. The van der Waals surface area contributed by atoms with Crippen molar-refractivity contribution < 1.29 is 0 Å². The maximum Gasteiger partial charge on any atom is 0.0162 e. The Morgan fingerprint density at radius 3 is 2.64 bits per heavy atom. The second-order valence-electron chi connectivity index (χ2n) is 2.77. The van der Waals surface area contributed by atoms with E-state index in [1.54, 1.807) is 0 Å². The summed E-state index contributed by atoms with van der Waals surface area (Å²) in [7, 11) is 0. The Hall–Kier alpha value is -0.0900. The topological polar surface area (TPSA) is 26.0 Å². The molecular weight excluding hydrogens is 249 g/mol. The highest BCUT2D eigenvalue weighted by atomic mass is 127. The lowest BCUT2D eigenvalue weighted by Gasteiger charge is -2.06. The van der Waals surface area contributed by atoms with Crippen LogP contribution in [0.5, 0.6) is 0 Å². The van der Waals surface area contributed by atoms with Crippen molar-refractivity contribution in [3.05, 3.63) is 33.4 Å². The summed E-state index contributed by atoms with van der Waals surface area (Å²) < 4.78 is 1.31. The zero-order chi connectivity index (χ0) is 8.27. The lowest BCUT2D eigenvalue weighted by molar-refractivity contribution is 0.736. The molecule has 0 amide bonds. The van der Waals surface area contributed by atoms with Gasteiger partial charge in [0.2, 0.25) is 0 Å². The van der Waals surface area contributed by atoms with Crippen molar-refractivity contribution in [1.82, 2.24) is 0 Å². The second kappa shape index (κ2) is 4.07. The molecule has 11 heavy (non-hydrogen) atoms. The smallest absolute Gasteiger partial charge is 0.0162 e. The second-order valence-corrected chi connectivity index (χ2v) is 3.94. The van der Waals surface area contributed by atoms with Gasteiger partial charge in [0.25, 0.3) is 0 Å². The average Bonchev–Trinajstić information content (AvgIpc) is 1.93. The van der Waals surface area contributed by atoms with Crippen LogP contribution in [-0.2, 0) is 6.42 Å². The van der Waals surface area contributed by atoms with Gasteiger partial charge in [0.1, 0.15) is 0 Å². The molecule has 2 N–H and O–H groups in total. The van der Waals surface area contributed by atoms with Crippen molar-refractivity contribution in [3.63, 3.8) is 0 Å². The van der Waals surface area contributed by atoms with Gasteiger partial charge in [0.15, 0.2) is 0 Å². The van der Waals surface area contributed by atoms with Crippen molar-refractivity contribution in [2.45, 2.75) is 19.4 Å². The van der Waals surface area contributed by atoms with E-state index in [0.29, 0.717) is 0 Å². The van der Waals surface area contributed by atoms with Crippen molar-refractivity contribution in [2.24, 2.45) is 5.73 Å². The highest BCUT2D eigenvalue weighted by Gasteiger charge is 2.00. The van der Waals surface area contributed by atoms with Gasteiger partial charge in [-0.15, -0.1) is 0 Å². The van der Waals surface area contributed by atoms with E-state index in [9.17, 15) is 0 Å². The SMILES string of the molecule is CC(N)Cc1ccccc1I. The highest BCUT2D eigenvalue weighted by molar-refractivity contribution is 14.1. The van der Waals surface area contributed by atoms with Crippen LogP contribution in [0.1, 0.15) is 12.5 Å². The van der Waals surface area contributed by atoms with E-state index in [1.807, 2.05) is 13.0 Å². The minimum Gasteiger partial charge on any atom is -0.328 e. The summed E-state index contributed by atoms with van der Waals surface area (Å²) in [5.74, 6) is 0. The molecule has 1 unspecified atom stereocenters. The van der Waals surface area contributed by atoms with E-state index < -0.39 is 0 Å². The van der Waals surface area contributed by atoms with Gasteiger partial charge >= 0.3 is 0 Å². The van der Waals surface area contributed by atoms with E-state index in [4.69, 9.17) is 5.73 Å². The van der Waals surface area contributed by atoms with Crippen LogP contribution < -0.4 is 5.73 Å². The lowest BCUT2D eigenvalue weighted by Crippen LogP contribution is -2.18. The molecule has 1 aromatic carbocycles. The summed E-state index contributed by atoms with van der Waals surface area (Å²) in [6, 6.07) is 8.60. The van der Waals surface area contributed by atoms with Crippen molar-refractivity contribution in [1.29, 1.82) is 0 Å². The van der Waals surface area contributed by atoms with Gasteiger partial charge in [0.05, 0.1) is 0 Å². The summed E-state index contributed by atoms with van der Waals surface area (Å²) >= 11 is 2.34. The maximum atomic E-state index is 5.69. The summed E-state index contributed by atoms with van der Waals surface area (Å²) in [5, 5.41) is 0. The molecule has 1 aromatic rings. The third kappa shape index (κ3) is 2.79. The van der Waals surface area contributed by atoms with Gasteiger partial charge < -0.3 is 5.73 Å². The Balaban J connectivity index is 2.78. The quantitative estimate of drug-likeness (QED) is 0.811. The summed E-state index contributed by atoms with van der Waals surface area (Å²) in [6.07, 6.45) is 0.971. The number of nitrogens with two attached hydrogens (primary N) is 1. The molecule has 0 aliphatic rings. The van der Waals surface area contributed by atoms with Gasteiger partial charge in [0, 0.05) is 9.61 Å². The fraction of sp³-hybridized carbons (Fsp3) is 0.333. The van der Waals surface area contributed by atoms with Gasteiger partial charge in [-0.05, 0) is 47.6 Å². The van der Waals surface area contributed by atoms with Crippen LogP contribution in [0.3, 0.4) is 0 Å². The van der Waals surface area contributed by atoms with E-state index in [0.717, 1.165) is 6.42 Å². The van der Waals surface area contributed by atoms with Gasteiger partial charge in [-0.2, -0.15) is 0 Å². The van der Waals surface area contributed by atoms with Crippen LogP contribution in [0.15, 0.2) is 24.3 Å². The first-order chi connectivity index (χ1) is 5.20. The molecule has 0 bridgehead atoms. The molecular formula is C9H12IN. The molecule has 0 fully saturated rings. The van der Waals surface area contributed by atoms with Crippen molar-refractivity contribution >= 4 is 22.6 Å². The Labute approximate surface area is 81.1 Å². The van der Waals surface area contributed by atoms with E-state index in [-0.39, 0.29) is 6.04 Å². The molecule has 1 rings (SSSR count). The van der Waals surface area contributed by atoms with Crippen LogP contribution in [0, 0.1) is 3.57 Å². The van der Waals surface area contributed by atoms with E-state index in [1.165, 1.54) is 9.13 Å². The lowest BCUT2D eigenvalue weighted by atomic mass is 10.1. The van der Waals surface area contributed by atoms with Crippen LogP contribution >= 0.6 is 22.6 Å². The molecule has 2 heteroatoms. The first-order valence-electron chi connectivity index (χ1n) is 3.69. The molecule has 0 radical (unpaired) electrons. The maximum absolute atomic E-state index is 5.69. The average molecular weight is 261 g/mol. The number of hydrogen-bond acceptors (Lipinski definition) is 1. The first-order valence-corrected chi connectivity index (χ1v) is 4.77. The van der Waals surface area contributed by atoms with Crippen molar-refractivity contribution in [2.75, 3.05) is 0 Å². The molecule has 0 aliphatic carbocycles. The van der Waals surface area contributed by atoms with Crippen molar-refractivity contribution in [3.8, 4) is 0 Å². The van der Waals surface area contributed by atoms with Gasteiger partial charge in [-0.1, -0.05) is 18.2 Å². The van der Waals surface area contributed by atoms with Crippen LogP contribution in [0.2, 0.25) is 0 Å². The molecule has 0 saturated heterocycles. The normalized spacial score (nSPS) is 13.0. The molecule has 0 aromatic heterocycles. The first kappa shape index (κ1) is 9.00. The Morgan fingerprint density at radius 2 is 2.09 bits per heavy atom. The number of hydrogen-bond donors (Lipinski definition) is 1. The fourth-order valence-corrected chi connectivity index (χ4v) is 1.62. The highest BCUT2D eigenvalue weighted by Crippen LogP contribution is 2.12. The molecule has 0 aliphatic heterocycles. The number of benzene rings is 1. The molecule has 0 saturated carbocycles. The minimum absolute atomic E-state index is 0.255. The van der Waals surface area contributed by atoms with E-state index in [2.05, 4.69) is 40.8 Å². The molecule has 1 atom stereocenters. The van der Waals surface area contributed by atoms with Gasteiger partial charge in [-0.25, -0.2) is 0 Å². The standard InChI is InChI=1S/C9H12IN/c1-7(11)6-8-4-2-3-5-9(8)10/h2-5,7H,6,11H2,1H3. The zero-order valence-corrected chi connectivity index (χ0v) is 8.71.